The predicted octanol–water partition coefficient (Wildman–Crippen LogP) is -0.565. The zero-order chi connectivity index (χ0) is 10.7. The van der Waals surface area contributed by atoms with Gasteiger partial charge in [0.05, 0.1) is 11.9 Å². The van der Waals surface area contributed by atoms with Gasteiger partial charge < -0.3 is 16.4 Å². The standard InChI is InChI=1S/C7H11N5OS/c1-9-7(14)11-4-3-10-12(2)5(4)6(8)13/h3H,1-2H3,(H2,8,13)(H2,9,11,14). The van der Waals surface area contributed by atoms with Gasteiger partial charge in [-0.25, -0.2) is 0 Å². The van der Waals surface area contributed by atoms with E-state index in [9.17, 15) is 4.79 Å². The maximum absolute atomic E-state index is 11.0. The number of hydrogen-bond acceptors (Lipinski definition) is 3. The van der Waals surface area contributed by atoms with Gasteiger partial charge in [-0.1, -0.05) is 0 Å². The van der Waals surface area contributed by atoms with Gasteiger partial charge in [0.2, 0.25) is 0 Å². The summed E-state index contributed by atoms with van der Waals surface area (Å²) in [5.74, 6) is -0.550. The molecule has 14 heavy (non-hydrogen) atoms. The van der Waals surface area contributed by atoms with Crippen molar-refractivity contribution in [2.75, 3.05) is 12.4 Å². The highest BCUT2D eigenvalue weighted by Crippen LogP contribution is 2.12. The Hall–Kier alpha value is -1.63. The number of thiocarbonyl (C=S) groups is 1. The van der Waals surface area contributed by atoms with Crippen molar-refractivity contribution in [3.63, 3.8) is 0 Å². The monoisotopic (exact) mass is 213 g/mol. The van der Waals surface area contributed by atoms with Crippen LogP contribution < -0.4 is 16.4 Å². The summed E-state index contributed by atoms with van der Waals surface area (Å²) in [5, 5.41) is 9.81. The minimum Gasteiger partial charge on any atom is -0.366 e. The summed E-state index contributed by atoms with van der Waals surface area (Å²) in [6, 6.07) is 0. The van der Waals surface area contributed by atoms with Gasteiger partial charge in [0.1, 0.15) is 5.69 Å². The van der Waals surface area contributed by atoms with Gasteiger partial charge in [0.15, 0.2) is 5.11 Å². The highest BCUT2D eigenvalue weighted by Gasteiger charge is 2.13. The van der Waals surface area contributed by atoms with Gasteiger partial charge in [-0.3, -0.25) is 9.48 Å². The van der Waals surface area contributed by atoms with Gasteiger partial charge in [0.25, 0.3) is 5.91 Å². The van der Waals surface area contributed by atoms with Crippen molar-refractivity contribution in [3.05, 3.63) is 11.9 Å². The number of carbonyl (C=O) groups is 1. The van der Waals surface area contributed by atoms with Crippen LogP contribution in [-0.4, -0.2) is 27.8 Å². The Morgan fingerprint density at radius 2 is 2.36 bits per heavy atom. The van der Waals surface area contributed by atoms with Gasteiger partial charge in [-0.05, 0) is 12.2 Å². The Morgan fingerprint density at radius 1 is 1.71 bits per heavy atom. The number of nitrogens with two attached hydrogens (primary N) is 1. The van der Waals surface area contributed by atoms with Crippen molar-refractivity contribution >= 4 is 28.9 Å². The number of carbonyl (C=O) groups excluding carboxylic acids is 1. The average molecular weight is 213 g/mol. The zero-order valence-electron chi connectivity index (χ0n) is 7.87. The number of primary amides is 1. The van der Waals surface area contributed by atoms with E-state index in [2.05, 4.69) is 15.7 Å². The molecule has 7 heteroatoms. The summed E-state index contributed by atoms with van der Waals surface area (Å²) in [6.45, 7) is 0. The third-order valence-corrected chi connectivity index (χ3v) is 1.95. The third-order valence-electron chi connectivity index (χ3n) is 1.65. The van der Waals surface area contributed by atoms with E-state index in [1.807, 2.05) is 0 Å². The summed E-state index contributed by atoms with van der Waals surface area (Å²) < 4.78 is 1.39. The summed E-state index contributed by atoms with van der Waals surface area (Å²) in [7, 11) is 3.31. The molecule has 0 aliphatic rings. The fourth-order valence-corrected chi connectivity index (χ4v) is 1.12. The molecule has 0 aromatic carbocycles. The SMILES string of the molecule is CNC(=S)Nc1cnn(C)c1C(N)=O. The smallest absolute Gasteiger partial charge is 0.269 e. The topological polar surface area (TPSA) is 85.0 Å². The Kier molecular flexibility index (Phi) is 3.03. The normalized spacial score (nSPS) is 9.57. The maximum atomic E-state index is 11.0. The van der Waals surface area contributed by atoms with Crippen LogP contribution in [0.25, 0.3) is 0 Å². The molecule has 0 unspecified atom stereocenters. The lowest BCUT2D eigenvalue weighted by atomic mass is 10.3. The molecule has 0 saturated carbocycles. The first-order valence-corrected chi connectivity index (χ1v) is 4.27. The van der Waals surface area contributed by atoms with Crippen molar-refractivity contribution in [1.29, 1.82) is 0 Å². The van der Waals surface area contributed by atoms with Crippen molar-refractivity contribution in [2.45, 2.75) is 0 Å². The van der Waals surface area contributed by atoms with E-state index in [4.69, 9.17) is 18.0 Å². The van der Waals surface area contributed by atoms with E-state index in [1.54, 1.807) is 14.1 Å². The van der Waals surface area contributed by atoms with Crippen LogP contribution in [0.4, 0.5) is 5.69 Å². The quantitative estimate of drug-likeness (QED) is 0.573. The highest BCUT2D eigenvalue weighted by atomic mass is 32.1. The minimum absolute atomic E-state index is 0.294. The minimum atomic E-state index is -0.550. The fraction of sp³-hybridized carbons (Fsp3) is 0.286. The van der Waals surface area contributed by atoms with Crippen molar-refractivity contribution < 1.29 is 4.79 Å². The van der Waals surface area contributed by atoms with Crippen molar-refractivity contribution in [1.82, 2.24) is 15.1 Å². The molecule has 1 heterocycles. The molecular formula is C7H11N5OS. The summed E-state index contributed by atoms with van der Waals surface area (Å²) in [5.41, 5.74) is 5.97. The molecule has 1 aromatic rings. The Bertz CT molecular complexity index is 372. The molecule has 0 spiro atoms. The predicted molar refractivity (Wildman–Crippen MR) is 57.0 cm³/mol. The van der Waals surface area contributed by atoms with E-state index in [0.29, 0.717) is 16.5 Å². The summed E-state index contributed by atoms with van der Waals surface area (Å²) in [6.07, 6.45) is 1.49. The lowest BCUT2D eigenvalue weighted by Gasteiger charge is -2.06. The number of hydrogen-bond donors (Lipinski definition) is 3. The molecule has 1 amide bonds. The first-order chi connectivity index (χ1) is 6.56. The Balaban J connectivity index is 2.98. The second-order valence-electron chi connectivity index (χ2n) is 2.60. The lowest BCUT2D eigenvalue weighted by Crippen LogP contribution is -2.26. The van der Waals surface area contributed by atoms with Gasteiger partial charge in [0, 0.05) is 14.1 Å². The molecule has 0 aliphatic heterocycles. The van der Waals surface area contributed by atoms with Crippen LogP contribution in [0, 0.1) is 0 Å². The molecule has 6 nitrogen and oxygen atoms in total. The van der Waals surface area contributed by atoms with Crippen LogP contribution in [0.1, 0.15) is 10.5 Å². The largest absolute Gasteiger partial charge is 0.366 e. The number of rotatable bonds is 2. The second kappa shape index (κ2) is 4.05. The number of amides is 1. The first kappa shape index (κ1) is 10.5. The molecule has 0 bridgehead atoms. The third kappa shape index (κ3) is 1.99. The molecule has 4 N–H and O–H groups in total. The first-order valence-electron chi connectivity index (χ1n) is 3.86. The molecule has 0 aliphatic carbocycles. The lowest BCUT2D eigenvalue weighted by molar-refractivity contribution is 0.0992. The number of aromatic nitrogens is 2. The number of nitrogens with zero attached hydrogens (tertiary/aromatic N) is 2. The zero-order valence-corrected chi connectivity index (χ0v) is 8.68. The van der Waals surface area contributed by atoms with E-state index in [-0.39, 0.29) is 0 Å². The number of nitrogens with one attached hydrogen (secondary N) is 2. The maximum Gasteiger partial charge on any atom is 0.269 e. The van der Waals surface area contributed by atoms with Crippen LogP contribution in [0.15, 0.2) is 6.20 Å². The molecule has 0 atom stereocenters. The number of anilines is 1. The average Bonchev–Trinajstić information content (AvgIpc) is 2.46. The summed E-state index contributed by atoms with van der Waals surface area (Å²) in [4.78, 5) is 11.0. The van der Waals surface area contributed by atoms with Crippen molar-refractivity contribution in [3.8, 4) is 0 Å². The highest BCUT2D eigenvalue weighted by molar-refractivity contribution is 7.80. The van der Waals surface area contributed by atoms with E-state index in [0.717, 1.165) is 0 Å². The molecule has 1 aromatic heterocycles. The molecule has 1 rings (SSSR count). The van der Waals surface area contributed by atoms with Crippen molar-refractivity contribution in [2.24, 2.45) is 12.8 Å². The van der Waals surface area contributed by atoms with Crippen LogP contribution >= 0.6 is 12.2 Å². The van der Waals surface area contributed by atoms with Crippen LogP contribution in [-0.2, 0) is 7.05 Å². The van der Waals surface area contributed by atoms with E-state index < -0.39 is 5.91 Å². The molecular weight excluding hydrogens is 202 g/mol. The van der Waals surface area contributed by atoms with Crippen LogP contribution in [0.2, 0.25) is 0 Å². The molecule has 0 radical (unpaired) electrons. The summed E-state index contributed by atoms with van der Waals surface area (Å²) >= 11 is 4.88. The molecule has 76 valence electrons. The van der Waals surface area contributed by atoms with Gasteiger partial charge >= 0.3 is 0 Å². The second-order valence-corrected chi connectivity index (χ2v) is 3.01. The molecule has 0 fully saturated rings. The van der Waals surface area contributed by atoms with Crippen LogP contribution in [0.5, 0.6) is 0 Å². The molecule has 0 saturated heterocycles. The Morgan fingerprint density at radius 3 is 2.86 bits per heavy atom. The fourth-order valence-electron chi connectivity index (χ4n) is 1.01. The number of aryl methyl sites for hydroxylation is 1. The van der Waals surface area contributed by atoms with Gasteiger partial charge in [-0.15, -0.1) is 0 Å². The van der Waals surface area contributed by atoms with Crippen LogP contribution in [0.3, 0.4) is 0 Å². The van der Waals surface area contributed by atoms with Gasteiger partial charge in [-0.2, -0.15) is 5.10 Å². The Labute approximate surface area is 86.5 Å². The van der Waals surface area contributed by atoms with E-state index >= 15 is 0 Å². The van der Waals surface area contributed by atoms with E-state index in [1.165, 1.54) is 10.9 Å².